The van der Waals surface area contributed by atoms with Gasteiger partial charge in [0.2, 0.25) is 0 Å². The van der Waals surface area contributed by atoms with Gasteiger partial charge in [-0.1, -0.05) is 6.07 Å². The Morgan fingerprint density at radius 2 is 2.40 bits per heavy atom. The number of esters is 1. The molecule has 3 nitrogen and oxygen atoms in total. The molecule has 0 aromatic carbocycles. The lowest BCUT2D eigenvalue weighted by Crippen LogP contribution is -2.22. The molecule has 0 N–H and O–H groups in total. The number of carbonyl (C=O) groups excluding carboxylic acids is 1. The summed E-state index contributed by atoms with van der Waals surface area (Å²) in [5.74, 6) is 0.0971. The van der Waals surface area contributed by atoms with Crippen LogP contribution in [0.4, 0.5) is 0 Å². The van der Waals surface area contributed by atoms with Crippen LogP contribution in [0.3, 0.4) is 0 Å². The molecule has 2 fully saturated rings. The van der Waals surface area contributed by atoms with E-state index in [0.717, 1.165) is 0 Å². The average molecular weight is 224 g/mol. The zero-order valence-electron chi connectivity index (χ0n) is 8.38. The van der Waals surface area contributed by atoms with Crippen LogP contribution in [0, 0.1) is 0 Å². The SMILES string of the molecule is CC1O[C@H]2CC(=O)O[C@H]2[C@@H]1c1cccs1. The fourth-order valence-electron chi connectivity index (χ4n) is 2.49. The van der Waals surface area contributed by atoms with Gasteiger partial charge >= 0.3 is 5.97 Å². The number of hydrogen-bond donors (Lipinski definition) is 0. The Balaban J connectivity index is 1.91. The van der Waals surface area contributed by atoms with Crippen LogP contribution in [0.2, 0.25) is 0 Å². The second kappa shape index (κ2) is 3.32. The zero-order valence-corrected chi connectivity index (χ0v) is 9.20. The third kappa shape index (κ3) is 1.40. The van der Waals surface area contributed by atoms with Gasteiger partial charge in [0.1, 0.15) is 12.2 Å². The van der Waals surface area contributed by atoms with Gasteiger partial charge in [-0.3, -0.25) is 4.79 Å². The zero-order chi connectivity index (χ0) is 10.4. The summed E-state index contributed by atoms with van der Waals surface area (Å²) in [4.78, 5) is 12.4. The van der Waals surface area contributed by atoms with Gasteiger partial charge in [-0.05, 0) is 18.4 Å². The molecule has 1 aromatic rings. The van der Waals surface area contributed by atoms with Crippen molar-refractivity contribution in [3.05, 3.63) is 22.4 Å². The Morgan fingerprint density at radius 1 is 1.53 bits per heavy atom. The van der Waals surface area contributed by atoms with E-state index in [0.29, 0.717) is 6.42 Å². The van der Waals surface area contributed by atoms with E-state index in [1.54, 1.807) is 11.3 Å². The first-order valence-electron chi connectivity index (χ1n) is 5.14. The molecule has 4 heteroatoms. The first-order chi connectivity index (χ1) is 7.25. The molecule has 1 unspecified atom stereocenters. The highest BCUT2D eigenvalue weighted by atomic mass is 32.1. The minimum atomic E-state index is -0.126. The maximum Gasteiger partial charge on any atom is 0.308 e. The van der Waals surface area contributed by atoms with Crippen molar-refractivity contribution in [3.8, 4) is 0 Å². The lowest BCUT2D eigenvalue weighted by Gasteiger charge is -2.17. The van der Waals surface area contributed by atoms with E-state index in [2.05, 4.69) is 13.0 Å². The number of rotatable bonds is 1. The van der Waals surface area contributed by atoms with Crippen molar-refractivity contribution in [1.29, 1.82) is 0 Å². The quantitative estimate of drug-likeness (QED) is 0.684. The van der Waals surface area contributed by atoms with Crippen molar-refractivity contribution in [3.63, 3.8) is 0 Å². The Hall–Kier alpha value is -0.870. The Morgan fingerprint density at radius 3 is 3.13 bits per heavy atom. The van der Waals surface area contributed by atoms with Crippen molar-refractivity contribution >= 4 is 17.3 Å². The molecule has 0 spiro atoms. The van der Waals surface area contributed by atoms with E-state index >= 15 is 0 Å². The van der Waals surface area contributed by atoms with E-state index < -0.39 is 0 Å². The maximum atomic E-state index is 11.2. The standard InChI is InChI=1S/C11H12O3S/c1-6-10(8-3-2-4-15-8)11-7(13-6)5-9(12)14-11/h2-4,6-7,10-11H,5H2,1H3/t6?,7-,10-,11+/m0/s1. The second-order valence-corrected chi connectivity index (χ2v) is 5.06. The summed E-state index contributed by atoms with van der Waals surface area (Å²) in [5, 5.41) is 2.05. The Bertz CT molecular complexity index is 373. The van der Waals surface area contributed by atoms with Crippen molar-refractivity contribution in [2.75, 3.05) is 0 Å². The molecule has 2 aliphatic rings. The monoisotopic (exact) mass is 224 g/mol. The van der Waals surface area contributed by atoms with Crippen LogP contribution in [0.15, 0.2) is 17.5 Å². The molecule has 0 bridgehead atoms. The Kier molecular flexibility index (Phi) is 2.07. The van der Waals surface area contributed by atoms with Crippen molar-refractivity contribution in [2.24, 2.45) is 0 Å². The van der Waals surface area contributed by atoms with E-state index in [1.807, 2.05) is 11.4 Å². The summed E-state index contributed by atoms with van der Waals surface area (Å²) in [6, 6.07) is 4.11. The molecular weight excluding hydrogens is 212 g/mol. The molecule has 1 aromatic heterocycles. The van der Waals surface area contributed by atoms with E-state index in [1.165, 1.54) is 4.88 Å². The first-order valence-corrected chi connectivity index (χ1v) is 6.02. The van der Waals surface area contributed by atoms with Gasteiger partial charge in [0.25, 0.3) is 0 Å². The molecule has 80 valence electrons. The Labute approximate surface area is 92.0 Å². The molecule has 0 saturated carbocycles. The van der Waals surface area contributed by atoms with Gasteiger partial charge < -0.3 is 9.47 Å². The number of thiophene rings is 1. The number of ether oxygens (including phenoxy) is 2. The van der Waals surface area contributed by atoms with Crippen LogP contribution in [0.5, 0.6) is 0 Å². The molecule has 0 radical (unpaired) electrons. The summed E-state index contributed by atoms with van der Waals surface area (Å²) < 4.78 is 11.1. The van der Waals surface area contributed by atoms with Crippen LogP contribution in [-0.2, 0) is 14.3 Å². The van der Waals surface area contributed by atoms with Crippen LogP contribution >= 0.6 is 11.3 Å². The molecule has 0 aliphatic carbocycles. The normalized spacial score (nSPS) is 39.1. The summed E-state index contributed by atoms with van der Waals surface area (Å²) in [7, 11) is 0. The summed E-state index contributed by atoms with van der Waals surface area (Å²) in [6.07, 6.45) is 0.467. The molecule has 2 saturated heterocycles. The lowest BCUT2D eigenvalue weighted by molar-refractivity contribution is -0.142. The van der Waals surface area contributed by atoms with Gasteiger partial charge in [-0.2, -0.15) is 0 Å². The van der Waals surface area contributed by atoms with Gasteiger partial charge in [-0.15, -0.1) is 11.3 Å². The topological polar surface area (TPSA) is 35.5 Å². The molecule has 2 aliphatic heterocycles. The van der Waals surface area contributed by atoms with Crippen molar-refractivity contribution in [2.45, 2.75) is 37.6 Å². The largest absolute Gasteiger partial charge is 0.459 e. The van der Waals surface area contributed by atoms with Crippen LogP contribution in [-0.4, -0.2) is 24.3 Å². The fourth-order valence-corrected chi connectivity index (χ4v) is 3.44. The maximum absolute atomic E-state index is 11.2. The molecule has 0 amide bonds. The summed E-state index contributed by atoms with van der Waals surface area (Å²) >= 11 is 1.70. The van der Waals surface area contributed by atoms with Gasteiger partial charge in [-0.25, -0.2) is 0 Å². The van der Waals surface area contributed by atoms with Gasteiger partial charge in [0.15, 0.2) is 0 Å². The minimum Gasteiger partial charge on any atom is -0.459 e. The molecule has 15 heavy (non-hydrogen) atoms. The van der Waals surface area contributed by atoms with E-state index in [9.17, 15) is 4.79 Å². The highest BCUT2D eigenvalue weighted by Gasteiger charge is 2.50. The highest BCUT2D eigenvalue weighted by Crippen LogP contribution is 2.43. The summed E-state index contributed by atoms with van der Waals surface area (Å²) in [5.41, 5.74) is 0. The van der Waals surface area contributed by atoms with Gasteiger partial charge in [0.05, 0.1) is 18.4 Å². The number of carbonyl (C=O) groups is 1. The second-order valence-electron chi connectivity index (χ2n) is 4.08. The molecule has 3 rings (SSSR count). The lowest BCUT2D eigenvalue weighted by atomic mass is 9.95. The summed E-state index contributed by atoms with van der Waals surface area (Å²) in [6.45, 7) is 2.05. The minimum absolute atomic E-state index is 0.0281. The molecule has 3 heterocycles. The van der Waals surface area contributed by atoms with Crippen LogP contribution in [0.1, 0.15) is 24.1 Å². The van der Waals surface area contributed by atoms with Crippen LogP contribution in [0.25, 0.3) is 0 Å². The molecule has 4 atom stereocenters. The fraction of sp³-hybridized carbons (Fsp3) is 0.545. The first kappa shape index (κ1) is 9.36. The van der Waals surface area contributed by atoms with Crippen LogP contribution < -0.4 is 0 Å². The highest BCUT2D eigenvalue weighted by molar-refractivity contribution is 7.10. The van der Waals surface area contributed by atoms with E-state index in [4.69, 9.17) is 9.47 Å². The van der Waals surface area contributed by atoms with E-state index in [-0.39, 0.29) is 30.2 Å². The van der Waals surface area contributed by atoms with Gasteiger partial charge in [0, 0.05) is 4.88 Å². The smallest absolute Gasteiger partial charge is 0.308 e. The van der Waals surface area contributed by atoms with Crippen molar-refractivity contribution in [1.82, 2.24) is 0 Å². The molecular formula is C11H12O3S. The van der Waals surface area contributed by atoms with Crippen molar-refractivity contribution < 1.29 is 14.3 Å². The predicted octanol–water partition coefficient (Wildman–Crippen LogP) is 1.93. The average Bonchev–Trinajstić information content (AvgIpc) is 2.80. The number of hydrogen-bond acceptors (Lipinski definition) is 4. The number of fused-ring (bicyclic) bond motifs is 1. The third-order valence-electron chi connectivity index (χ3n) is 3.12. The predicted molar refractivity (Wildman–Crippen MR) is 55.9 cm³/mol. The third-order valence-corrected chi connectivity index (χ3v) is 4.10.